The summed E-state index contributed by atoms with van der Waals surface area (Å²) in [5.74, 6) is -5.14. The predicted molar refractivity (Wildman–Crippen MR) is 473 cm³/mol. The molecule has 0 amide bonds. The summed E-state index contributed by atoms with van der Waals surface area (Å²) in [7, 11) is 8.81. The Morgan fingerprint density at radius 3 is 1.69 bits per heavy atom. The molecule has 1 saturated heterocycles. The molecular formula is C90H149Cl2F6N2O10PRuSSi2. The number of hydrogen-bond donors (Lipinski definition) is 0. The molecule has 0 unspecified atom stereocenters. The van der Waals surface area contributed by atoms with E-state index in [9.17, 15) is 55.1 Å². The van der Waals surface area contributed by atoms with Crippen LogP contribution in [0, 0.1) is 53.0 Å². The van der Waals surface area contributed by atoms with Crippen LogP contribution in [0.2, 0.25) is 36.3 Å². The van der Waals surface area contributed by atoms with Crippen molar-refractivity contribution in [3.63, 3.8) is 0 Å². The summed E-state index contributed by atoms with van der Waals surface area (Å²) < 4.78 is 109. The molecule has 662 valence electrons. The van der Waals surface area contributed by atoms with E-state index in [0.717, 1.165) is 37.3 Å². The zero-order valence-corrected chi connectivity index (χ0v) is 81.5. The van der Waals surface area contributed by atoms with Gasteiger partial charge in [-0.3, -0.25) is 28.8 Å². The van der Waals surface area contributed by atoms with Crippen LogP contribution < -0.4 is 0 Å². The maximum absolute atomic E-state index is 13.9. The molecule has 0 aromatic heterocycles. The molecule has 1 aromatic carbocycles. The van der Waals surface area contributed by atoms with Gasteiger partial charge in [0.05, 0.1) is 29.2 Å². The van der Waals surface area contributed by atoms with Crippen molar-refractivity contribution in [2.24, 2.45) is 46.3 Å². The molecule has 2 aliphatic heterocycles. The fraction of sp³-hybridized carbons (Fsp3) is 0.733. The Morgan fingerprint density at radius 2 is 1.29 bits per heavy atom. The Kier molecular flexibility index (Phi) is 47.2. The molecular weight excluding hydrogens is 1670 g/mol. The molecule has 2 heterocycles. The van der Waals surface area contributed by atoms with Crippen molar-refractivity contribution in [3.05, 3.63) is 103 Å². The molecule has 0 bridgehead atoms. The Hall–Kier alpha value is -2.75. The molecule has 1 aromatic rings. The number of ketones is 4. The quantitative estimate of drug-likeness (QED) is 0.0184. The first-order valence-electron chi connectivity index (χ1n) is 41.9. The first-order chi connectivity index (χ1) is 53.0. The van der Waals surface area contributed by atoms with Crippen LogP contribution in [-0.2, 0) is 60.6 Å². The average Bonchev–Trinajstić information content (AvgIpc) is 0.839. The first kappa shape index (κ1) is 108. The van der Waals surface area contributed by atoms with Crippen LogP contribution in [0.5, 0.6) is 0 Å². The summed E-state index contributed by atoms with van der Waals surface area (Å²) in [6, 6.07) is 9.89. The number of carbonyl (C=O) groups is 6. The Morgan fingerprint density at radius 1 is 0.783 bits per heavy atom. The standard InChI is InChI=1S/C31H51F3O5Si.C29H47F3O5Si.C18H33P.C7H6.C5H11N2S.2ClH.Ru/c1-14-16-24(31(32,33)34)17-18-25(23(6)35)38-26(36)19-21(4)30(10,11)28(37)22(5)27(20(3)15-2)39-40(12,13)29(7,8)9;1-18-13-12-14-22(29(30,31)32)15-16-23(21(4)33)36-24(34)17-19(2)28(8,9)26(35)20(3)25(18)37-38(10,11)27(5,6)7;1-4-10-16(11-5-1)19(17-12-6-2-7-13-17)18-14-8-3-9-15-18;1-7-5-3-2-4-6-7;1-6-3-4-7(5-6)8-2;;;/h14-15,17,20-22,25,27H,1-2,16,18-19H2,3-13H3;12-13,15,18-20,23,25H,14,16-17H2,1-11H3;16-18H,1-15H2;1-6H;5H,3-4H2,1-2H3;2*1H;/q;;;;-1;;;+2/p-1/b24-17+;13-12+,22-15+;;;;;;/t20-,21-,22+,25-,27-;18-,19-,20+,23-,25-;;;;;;/m00....../s1. The second kappa shape index (κ2) is 50.1. The van der Waals surface area contributed by atoms with E-state index in [2.05, 4.69) is 110 Å². The number of hydrogen-bond acceptors (Lipinski definition) is 13. The number of ether oxygens (including phenoxy) is 2. The predicted octanol–water partition coefficient (Wildman–Crippen LogP) is 25.6. The molecule has 10 atom stereocenters. The van der Waals surface area contributed by atoms with Crippen molar-refractivity contribution in [1.29, 1.82) is 0 Å². The summed E-state index contributed by atoms with van der Waals surface area (Å²) >= 11 is 0.157. The number of carbonyl (C=O) groups excluding carboxylic acids is 6. The number of benzene rings is 1. The molecule has 12 nitrogen and oxygen atoms in total. The van der Waals surface area contributed by atoms with Crippen LogP contribution in [0.15, 0.2) is 91.1 Å². The fourth-order valence-corrected chi connectivity index (χ4v) is 25.4. The van der Waals surface area contributed by atoms with Gasteiger partial charge >= 0.3 is 97.7 Å². The third-order valence-corrected chi connectivity index (χ3v) is 41.4. The number of Topliss-reactive ketones (excluding diaryl/α,β-unsaturated/α-hetero) is 4. The topological polar surface area (TPSA) is 146 Å². The number of halogens is 8. The van der Waals surface area contributed by atoms with E-state index in [4.69, 9.17) is 37.7 Å². The van der Waals surface area contributed by atoms with E-state index >= 15 is 0 Å². The molecule has 25 heteroatoms. The second-order valence-corrected chi connectivity index (χ2v) is 56.5. The number of allylic oxidation sites excluding steroid dienone is 4. The van der Waals surface area contributed by atoms with Gasteiger partial charge in [0.15, 0.2) is 40.4 Å². The van der Waals surface area contributed by atoms with E-state index in [0.29, 0.717) is 0 Å². The van der Waals surface area contributed by atoms with Crippen molar-refractivity contribution in [3.8, 4) is 0 Å². The molecule has 5 aliphatic rings. The molecule has 0 radical (unpaired) electrons. The Labute approximate surface area is 712 Å². The van der Waals surface area contributed by atoms with Gasteiger partial charge in [-0.2, -0.15) is 33.0 Å². The minimum absolute atomic E-state index is 0.0465. The van der Waals surface area contributed by atoms with Gasteiger partial charge in [0.1, 0.15) is 11.6 Å². The summed E-state index contributed by atoms with van der Waals surface area (Å²) in [6.45, 7) is 53.2. The maximum atomic E-state index is 13.9. The van der Waals surface area contributed by atoms with Crippen LogP contribution in [-0.4, -0.2) is 146 Å². The van der Waals surface area contributed by atoms with E-state index in [1.807, 2.05) is 55.7 Å². The Bertz CT molecular complexity index is 3280. The fourth-order valence-electron chi connectivity index (χ4n) is 14.9. The van der Waals surface area contributed by atoms with Crippen molar-refractivity contribution in [1.82, 2.24) is 9.21 Å². The van der Waals surface area contributed by atoms with Gasteiger partial charge in [0.2, 0.25) is 0 Å². The molecule has 3 aliphatic carbocycles. The summed E-state index contributed by atoms with van der Waals surface area (Å²) in [5, 5.41) is -0.197. The molecule has 115 heavy (non-hydrogen) atoms. The second-order valence-electron chi connectivity index (χ2n) is 37.0. The Balaban J connectivity index is 0.000000542. The van der Waals surface area contributed by atoms with Crippen molar-refractivity contribution < 1.29 is 87.0 Å². The van der Waals surface area contributed by atoms with E-state index in [-0.39, 0.29) is 60.7 Å². The van der Waals surface area contributed by atoms with E-state index < -0.39 is 155 Å². The number of cyclic esters (lactones) is 1. The van der Waals surface area contributed by atoms with E-state index in [1.54, 1.807) is 169 Å². The average molecular weight is 1820 g/mol. The van der Waals surface area contributed by atoms with Crippen LogP contribution in [0.4, 0.5) is 26.3 Å². The normalized spacial score (nSPS) is 23.8. The summed E-state index contributed by atoms with van der Waals surface area (Å²) in [5.41, 5.74) is 1.25. The van der Waals surface area contributed by atoms with Gasteiger partial charge in [-0.15, -0.1) is 25.1 Å². The van der Waals surface area contributed by atoms with Crippen molar-refractivity contribution in [2.75, 3.05) is 26.4 Å². The molecule has 3 saturated carbocycles. The van der Waals surface area contributed by atoms with Gasteiger partial charge in [-0.25, -0.2) is 0 Å². The molecule has 4 fully saturated rings. The van der Waals surface area contributed by atoms with Gasteiger partial charge in [-0.05, 0) is 190 Å². The molecule has 6 rings (SSSR count). The third kappa shape index (κ3) is 37.1. The number of esters is 2. The molecule has 0 N–H and O–H groups in total. The zero-order chi connectivity index (χ0) is 88.0. The summed E-state index contributed by atoms with van der Waals surface area (Å²) in [4.78, 5) is 79.5. The zero-order valence-electron chi connectivity index (χ0n) is 74.5. The first-order valence-corrected chi connectivity index (χ1v) is 56.1. The SMILES string of the molecule is C1CCC([PH+](C2CCCCC2)C2CCCCC2)CC1.C=CC/C(=C\C[C@H](OC(=O)C[C@H](C)C(C)(C)C(=O)[C@H](C)[C@@H](O[Si](C)(C)C(C)(C)C)[C@@H](C)C=C)C(C)=O)C(F)(F)F.CC(=O)[C@@H]1C/C=C(/C(F)(F)F)C/C=C/[C@H](C)[C@H](O[Si](C)(C)C(C)(C)C)[C@@H](C)C(=O)C(C)(C)[C@@H](C)CC(=O)O1.CSN1[CH-]N(C)CC1.[Cl][Ru]([Cl])=[CH]c1ccccc1. The van der Waals surface area contributed by atoms with Crippen LogP contribution in [0.25, 0.3) is 0 Å². The van der Waals surface area contributed by atoms with Gasteiger partial charge in [0.25, 0.3) is 0 Å². The van der Waals surface area contributed by atoms with E-state index in [1.165, 1.54) is 36.5 Å². The van der Waals surface area contributed by atoms with Crippen molar-refractivity contribution >= 4 is 95.6 Å². The molecule has 0 spiro atoms. The summed E-state index contributed by atoms with van der Waals surface area (Å²) in [6.07, 6.45) is 19.0. The van der Waals surface area contributed by atoms with Gasteiger partial charge < -0.3 is 27.5 Å². The number of alkyl halides is 6. The monoisotopic (exact) mass is 1820 g/mol. The number of likely N-dealkylation sites (N-methyl/N-ethyl adjacent to an activating group) is 1. The van der Waals surface area contributed by atoms with Crippen LogP contribution in [0.3, 0.4) is 0 Å². The van der Waals surface area contributed by atoms with Crippen LogP contribution >= 0.6 is 39.3 Å². The van der Waals surface area contributed by atoms with Crippen molar-refractivity contribution in [2.45, 2.75) is 349 Å². The minimum atomic E-state index is -4.61. The van der Waals surface area contributed by atoms with Gasteiger partial charge in [0, 0.05) is 67.4 Å². The number of nitrogens with zero attached hydrogens (tertiary/aromatic N) is 2. The number of rotatable bonds is 24. The third-order valence-electron chi connectivity index (χ3n) is 25.3. The van der Waals surface area contributed by atoms with Crippen LogP contribution in [0.1, 0.15) is 265 Å². The van der Waals surface area contributed by atoms with Gasteiger partial charge in [-0.1, -0.05) is 166 Å².